The molecule has 0 saturated carbocycles. The zero-order valence-corrected chi connectivity index (χ0v) is 16.9. The second-order valence-electron chi connectivity index (χ2n) is 6.93. The van der Waals surface area contributed by atoms with Gasteiger partial charge >= 0.3 is 0 Å². The van der Waals surface area contributed by atoms with Gasteiger partial charge in [0.25, 0.3) is 5.91 Å². The lowest BCUT2D eigenvalue weighted by Gasteiger charge is -2.29. The van der Waals surface area contributed by atoms with Gasteiger partial charge in [0.05, 0.1) is 11.6 Å². The highest BCUT2D eigenvalue weighted by atomic mass is 35.5. The molecule has 0 bridgehead atoms. The molecule has 1 heterocycles. The first-order valence-electron chi connectivity index (χ1n) is 9.59. The Labute approximate surface area is 175 Å². The third-order valence-electron chi connectivity index (χ3n) is 4.88. The van der Waals surface area contributed by atoms with Crippen molar-refractivity contribution < 1.29 is 9.59 Å². The molecule has 0 aliphatic carbocycles. The fraction of sp³-hybridized carbons (Fsp3) is 0.318. The number of carbonyl (C=O) groups excluding carboxylic acids is 2. The molecule has 0 spiro atoms. The molecule has 3 rings (SSSR count). The molecular formula is C22H23ClN4O2. The van der Waals surface area contributed by atoms with Crippen LogP contribution in [0.15, 0.2) is 48.5 Å². The molecule has 0 unspecified atom stereocenters. The zero-order chi connectivity index (χ0) is 20.6. The Kier molecular flexibility index (Phi) is 7.23. The summed E-state index contributed by atoms with van der Waals surface area (Å²) >= 11 is 6.09. The fourth-order valence-electron chi connectivity index (χ4n) is 3.28. The van der Waals surface area contributed by atoms with Gasteiger partial charge in [0.1, 0.15) is 0 Å². The Balaban J connectivity index is 1.73. The third-order valence-corrected chi connectivity index (χ3v) is 5.11. The molecule has 2 aromatic rings. The first kappa shape index (κ1) is 20.8. The minimum Gasteiger partial charge on any atom is -0.340 e. The van der Waals surface area contributed by atoms with E-state index in [9.17, 15) is 9.59 Å². The summed E-state index contributed by atoms with van der Waals surface area (Å²) in [4.78, 5) is 29.1. The van der Waals surface area contributed by atoms with Crippen molar-refractivity contribution in [3.63, 3.8) is 0 Å². The predicted molar refractivity (Wildman–Crippen MR) is 111 cm³/mol. The molecule has 1 fully saturated rings. The van der Waals surface area contributed by atoms with Crippen LogP contribution in [0.3, 0.4) is 0 Å². The number of piperazine rings is 1. The molecule has 0 radical (unpaired) electrons. The molecule has 0 aromatic heterocycles. The molecule has 1 aliphatic heterocycles. The predicted octanol–water partition coefficient (Wildman–Crippen LogP) is 2.68. The summed E-state index contributed by atoms with van der Waals surface area (Å²) in [5.74, 6) is -0.127. The Bertz CT molecular complexity index is 902. The number of carbonyl (C=O) groups is 2. The van der Waals surface area contributed by atoms with E-state index in [1.807, 2.05) is 29.2 Å². The van der Waals surface area contributed by atoms with Crippen LogP contribution in [-0.4, -0.2) is 54.3 Å². The summed E-state index contributed by atoms with van der Waals surface area (Å²) in [5.41, 5.74) is 1.88. The van der Waals surface area contributed by atoms with Crippen molar-refractivity contribution >= 4 is 23.4 Å². The van der Waals surface area contributed by atoms with Gasteiger partial charge in [-0.15, -0.1) is 0 Å². The quantitative estimate of drug-likeness (QED) is 0.794. The van der Waals surface area contributed by atoms with Gasteiger partial charge in [-0.05, 0) is 42.0 Å². The van der Waals surface area contributed by atoms with Crippen molar-refractivity contribution in [1.82, 2.24) is 15.1 Å². The monoisotopic (exact) mass is 410 g/mol. The van der Waals surface area contributed by atoms with Crippen molar-refractivity contribution in [3.05, 3.63) is 70.2 Å². The van der Waals surface area contributed by atoms with Crippen LogP contribution >= 0.6 is 11.6 Å². The van der Waals surface area contributed by atoms with Crippen molar-refractivity contribution in [2.75, 3.05) is 32.7 Å². The SMILES string of the molecule is N#Cc1ccc(C(=O)N(CCC(=O)N2CCNCC2)Cc2cccc(Cl)c2)cc1. The maximum atomic E-state index is 13.1. The highest BCUT2D eigenvalue weighted by molar-refractivity contribution is 6.30. The lowest BCUT2D eigenvalue weighted by atomic mass is 10.1. The van der Waals surface area contributed by atoms with E-state index < -0.39 is 0 Å². The maximum Gasteiger partial charge on any atom is 0.254 e. The van der Waals surface area contributed by atoms with Crippen LogP contribution in [0.25, 0.3) is 0 Å². The Morgan fingerprint density at radius 2 is 1.86 bits per heavy atom. The molecule has 0 atom stereocenters. The molecule has 150 valence electrons. The average molecular weight is 411 g/mol. The summed E-state index contributed by atoms with van der Waals surface area (Å²) in [6.45, 7) is 3.64. The van der Waals surface area contributed by atoms with E-state index in [0.29, 0.717) is 42.3 Å². The first-order chi connectivity index (χ1) is 14.1. The van der Waals surface area contributed by atoms with Gasteiger partial charge < -0.3 is 15.1 Å². The number of nitriles is 1. The van der Waals surface area contributed by atoms with Crippen molar-refractivity contribution in [2.24, 2.45) is 0 Å². The molecule has 7 heteroatoms. The van der Waals surface area contributed by atoms with Crippen LogP contribution in [0, 0.1) is 11.3 Å². The number of nitrogens with zero attached hydrogens (tertiary/aromatic N) is 3. The lowest BCUT2D eigenvalue weighted by molar-refractivity contribution is -0.132. The number of rotatable bonds is 6. The maximum absolute atomic E-state index is 13.1. The van der Waals surface area contributed by atoms with Crippen molar-refractivity contribution in [1.29, 1.82) is 5.26 Å². The summed E-state index contributed by atoms with van der Waals surface area (Å²) in [7, 11) is 0. The van der Waals surface area contributed by atoms with Crippen LogP contribution in [0.1, 0.15) is 27.9 Å². The second kappa shape index (κ2) is 10.1. The Morgan fingerprint density at radius 1 is 1.14 bits per heavy atom. The Morgan fingerprint density at radius 3 is 2.52 bits per heavy atom. The van der Waals surface area contributed by atoms with Crippen LogP contribution in [0.2, 0.25) is 5.02 Å². The number of hydrogen-bond donors (Lipinski definition) is 1. The van der Waals surface area contributed by atoms with Crippen molar-refractivity contribution in [3.8, 4) is 6.07 Å². The number of amides is 2. The van der Waals surface area contributed by atoms with Gasteiger partial charge in [-0.25, -0.2) is 0 Å². The topological polar surface area (TPSA) is 76.4 Å². The van der Waals surface area contributed by atoms with E-state index in [0.717, 1.165) is 18.7 Å². The molecule has 6 nitrogen and oxygen atoms in total. The van der Waals surface area contributed by atoms with Gasteiger partial charge in [-0.1, -0.05) is 23.7 Å². The summed E-state index contributed by atoms with van der Waals surface area (Å²) in [5, 5.41) is 12.8. The van der Waals surface area contributed by atoms with Gasteiger partial charge in [0.2, 0.25) is 5.91 Å². The minimum absolute atomic E-state index is 0.0511. The van der Waals surface area contributed by atoms with Crippen LogP contribution in [-0.2, 0) is 11.3 Å². The standard InChI is InChI=1S/C22H23ClN4O2/c23-20-3-1-2-18(14-20)16-27(11-8-21(28)26-12-9-25-10-13-26)22(29)19-6-4-17(15-24)5-7-19/h1-7,14,25H,8-13,16H2. The molecule has 1 N–H and O–H groups in total. The molecule has 2 amide bonds. The smallest absolute Gasteiger partial charge is 0.254 e. The van der Waals surface area contributed by atoms with Crippen LogP contribution < -0.4 is 5.32 Å². The van der Waals surface area contributed by atoms with E-state index in [2.05, 4.69) is 5.32 Å². The van der Waals surface area contributed by atoms with Gasteiger partial charge in [0.15, 0.2) is 0 Å². The molecule has 1 aliphatic rings. The Hall–Kier alpha value is -2.88. The van der Waals surface area contributed by atoms with Crippen LogP contribution in [0.5, 0.6) is 0 Å². The van der Waals surface area contributed by atoms with Gasteiger partial charge in [-0.3, -0.25) is 9.59 Å². The third kappa shape index (κ3) is 5.80. The fourth-order valence-corrected chi connectivity index (χ4v) is 3.49. The molecule has 2 aromatic carbocycles. The van der Waals surface area contributed by atoms with E-state index >= 15 is 0 Å². The number of hydrogen-bond acceptors (Lipinski definition) is 4. The van der Waals surface area contributed by atoms with Crippen molar-refractivity contribution in [2.45, 2.75) is 13.0 Å². The van der Waals surface area contributed by atoms with Gasteiger partial charge in [0, 0.05) is 56.3 Å². The van der Waals surface area contributed by atoms with Gasteiger partial charge in [-0.2, -0.15) is 5.26 Å². The summed E-state index contributed by atoms with van der Waals surface area (Å²) in [6, 6.07) is 15.9. The minimum atomic E-state index is -0.178. The van der Waals surface area contributed by atoms with Crippen LogP contribution in [0.4, 0.5) is 0 Å². The lowest BCUT2D eigenvalue weighted by Crippen LogP contribution is -2.47. The zero-order valence-electron chi connectivity index (χ0n) is 16.1. The number of benzene rings is 2. The number of halogens is 1. The second-order valence-corrected chi connectivity index (χ2v) is 7.36. The highest BCUT2D eigenvalue weighted by Crippen LogP contribution is 2.16. The van der Waals surface area contributed by atoms with E-state index in [1.54, 1.807) is 35.2 Å². The highest BCUT2D eigenvalue weighted by Gasteiger charge is 2.21. The molecule has 1 saturated heterocycles. The van der Waals surface area contributed by atoms with E-state index in [-0.39, 0.29) is 18.2 Å². The number of nitrogens with one attached hydrogen (secondary N) is 1. The summed E-state index contributed by atoms with van der Waals surface area (Å²) < 4.78 is 0. The average Bonchev–Trinajstić information content (AvgIpc) is 2.76. The largest absolute Gasteiger partial charge is 0.340 e. The molecular weight excluding hydrogens is 388 g/mol. The first-order valence-corrected chi connectivity index (χ1v) is 9.97. The van der Waals surface area contributed by atoms with E-state index in [4.69, 9.17) is 16.9 Å². The summed E-state index contributed by atoms with van der Waals surface area (Å²) in [6.07, 6.45) is 0.266. The normalized spacial score (nSPS) is 13.6. The molecule has 29 heavy (non-hydrogen) atoms. The van der Waals surface area contributed by atoms with E-state index in [1.165, 1.54) is 0 Å².